The van der Waals surface area contributed by atoms with E-state index in [-0.39, 0.29) is 24.3 Å². The zero-order valence-electron chi connectivity index (χ0n) is 36.7. The monoisotopic (exact) mass is 902 g/mol. The highest BCUT2D eigenvalue weighted by molar-refractivity contribution is 5.91. The lowest BCUT2D eigenvalue weighted by Gasteiger charge is -2.28. The molecule has 9 rings (SSSR count). The lowest BCUT2D eigenvalue weighted by atomic mass is 9.98. The highest BCUT2D eigenvalue weighted by Crippen LogP contribution is 2.42. The number of amides is 4. The number of hydrogen-bond donors (Lipinski definition) is 4. The summed E-state index contributed by atoms with van der Waals surface area (Å²) in [5, 5.41) is 7.01. The van der Waals surface area contributed by atoms with Crippen molar-refractivity contribution in [1.82, 2.24) is 40.4 Å². The Balaban J connectivity index is 0.000000914. The number of methoxy groups -OCH3 is 2. The van der Waals surface area contributed by atoms with Gasteiger partial charge in [0.1, 0.15) is 24.2 Å². The summed E-state index contributed by atoms with van der Waals surface area (Å²) in [4.78, 5) is 68.8. The average Bonchev–Trinajstić information content (AvgIpc) is 4.20. The summed E-state index contributed by atoms with van der Waals surface area (Å²) in [5.74, 6) is -3.16. The number of carbonyl (C=O) groups excluding carboxylic acids is 4. The molecule has 17 heteroatoms. The van der Waals surface area contributed by atoms with E-state index < -0.39 is 49.1 Å². The molecule has 3 fully saturated rings. The number of ether oxygens (including phenoxy) is 3. The van der Waals surface area contributed by atoms with E-state index in [4.69, 9.17) is 9.47 Å². The number of H-pyrrole nitrogens is 2. The molecular weight excluding hydrogens is 851 g/mol. The Kier molecular flexibility index (Phi) is 14.0. The molecule has 3 atom stereocenters. The van der Waals surface area contributed by atoms with Crippen molar-refractivity contribution in [2.24, 2.45) is 0 Å². The van der Waals surface area contributed by atoms with Gasteiger partial charge in [0.2, 0.25) is 5.91 Å². The van der Waals surface area contributed by atoms with Gasteiger partial charge in [0.15, 0.2) is 0 Å². The van der Waals surface area contributed by atoms with Gasteiger partial charge in [-0.3, -0.25) is 9.59 Å². The van der Waals surface area contributed by atoms with Crippen molar-refractivity contribution in [3.63, 3.8) is 0 Å². The standard InChI is InChI=1S/C44H42F2N8O6.C5H10O/c1-59-42(57)49-24-37(55)53-18-6-9-35(53)39-47-23-34(51-39)32-17-16-30-19-29(14-15-31(30)20-32)26-10-12-27(13-11-26)33-22-48-40(50-33)36-21-44(45,46)25-54(36)41(56)38(52-43(58)60-2)28-7-4-3-5-8-28;1-2-4-6-5-3-1/h3-5,7-8,10-17,19-20,22-23,35-36,38H,6,9,18,21,24-25H2,1-2H3,(H,47,51)(H,48,50)(H,49,57)(H,52,58);1-5H2. The number of nitrogens with one attached hydrogen (secondary N) is 4. The summed E-state index contributed by atoms with van der Waals surface area (Å²) >= 11 is 0. The van der Waals surface area contributed by atoms with E-state index in [9.17, 15) is 28.0 Å². The van der Waals surface area contributed by atoms with E-state index in [1.807, 2.05) is 42.5 Å². The third-order valence-corrected chi connectivity index (χ3v) is 12.1. The molecule has 4 N–H and O–H groups in total. The molecule has 0 bridgehead atoms. The minimum atomic E-state index is -3.17. The number of likely N-dealkylation sites (tertiary alicyclic amines) is 2. The zero-order valence-corrected chi connectivity index (χ0v) is 36.7. The number of alkyl carbamates (subject to hydrolysis) is 2. The van der Waals surface area contributed by atoms with E-state index in [0.717, 1.165) is 76.8 Å². The second-order valence-electron chi connectivity index (χ2n) is 16.5. The van der Waals surface area contributed by atoms with Crippen LogP contribution in [-0.2, 0) is 23.8 Å². The van der Waals surface area contributed by atoms with Crippen molar-refractivity contribution in [1.29, 1.82) is 0 Å². The van der Waals surface area contributed by atoms with Gasteiger partial charge in [-0.1, -0.05) is 78.9 Å². The van der Waals surface area contributed by atoms with Gasteiger partial charge >= 0.3 is 12.2 Å². The first kappa shape index (κ1) is 45.4. The largest absolute Gasteiger partial charge is 0.453 e. The van der Waals surface area contributed by atoms with Crippen LogP contribution in [0.5, 0.6) is 0 Å². The van der Waals surface area contributed by atoms with Crippen molar-refractivity contribution < 1.29 is 42.2 Å². The summed E-state index contributed by atoms with van der Waals surface area (Å²) in [6.45, 7) is 1.61. The maximum absolute atomic E-state index is 15.0. The molecule has 3 aliphatic rings. The molecule has 6 aromatic rings. The normalized spacial score (nSPS) is 18.2. The Bertz CT molecular complexity index is 2640. The summed E-state index contributed by atoms with van der Waals surface area (Å²) in [7, 11) is 2.42. The SMILES string of the molecule is C1CCOCC1.COC(=O)NCC(=O)N1CCCC1c1ncc(-c2ccc3cc(-c4ccc(-c5cnc(C6CC(F)(F)CN6C(=O)C(NC(=O)OC)c6ccccc6)[nH]5)cc4)ccc3c2)[nH]1. The third kappa shape index (κ3) is 10.5. The van der Waals surface area contributed by atoms with E-state index in [0.29, 0.717) is 23.6 Å². The highest BCUT2D eigenvalue weighted by Gasteiger charge is 2.50. The minimum absolute atomic E-state index is 0.147. The number of rotatable bonds is 10. The number of aromatic nitrogens is 4. The molecule has 3 saturated heterocycles. The predicted octanol–water partition coefficient (Wildman–Crippen LogP) is 8.50. The number of hydrogen-bond acceptors (Lipinski definition) is 9. The van der Waals surface area contributed by atoms with E-state index in [1.54, 1.807) is 47.6 Å². The molecule has 0 aliphatic carbocycles. The van der Waals surface area contributed by atoms with Crippen molar-refractivity contribution in [3.8, 4) is 33.6 Å². The van der Waals surface area contributed by atoms with Gasteiger partial charge in [0.05, 0.1) is 56.6 Å². The van der Waals surface area contributed by atoms with Crippen LogP contribution in [0.25, 0.3) is 44.4 Å². The number of halogens is 2. The Morgan fingerprint density at radius 3 is 1.98 bits per heavy atom. The number of aromatic amines is 2. The number of carbonyl (C=O) groups is 4. The first-order valence-electron chi connectivity index (χ1n) is 22.0. The predicted molar refractivity (Wildman–Crippen MR) is 242 cm³/mol. The van der Waals surface area contributed by atoms with Crippen LogP contribution < -0.4 is 10.6 Å². The number of nitrogens with zero attached hydrogens (tertiary/aromatic N) is 4. The first-order chi connectivity index (χ1) is 32.0. The van der Waals surface area contributed by atoms with Crippen molar-refractivity contribution in [3.05, 3.63) is 121 Å². The van der Waals surface area contributed by atoms with Crippen molar-refractivity contribution >= 4 is 34.8 Å². The van der Waals surface area contributed by atoms with E-state index >= 15 is 0 Å². The molecule has 0 radical (unpaired) electrons. The summed E-state index contributed by atoms with van der Waals surface area (Å²) in [6.07, 6.45) is 6.72. The van der Waals surface area contributed by atoms with Gasteiger partial charge in [-0.2, -0.15) is 0 Å². The van der Waals surface area contributed by atoms with Gasteiger partial charge in [0.25, 0.3) is 11.8 Å². The molecule has 66 heavy (non-hydrogen) atoms. The number of benzene rings is 4. The summed E-state index contributed by atoms with van der Waals surface area (Å²) in [6, 6.07) is 26.0. The Hall–Kier alpha value is -7.14. The molecule has 0 saturated carbocycles. The van der Waals surface area contributed by atoms with Crippen LogP contribution in [0, 0.1) is 0 Å². The smallest absolute Gasteiger partial charge is 0.407 e. The van der Waals surface area contributed by atoms with Crippen LogP contribution in [-0.4, -0.2) is 107 Å². The Labute approximate surface area is 380 Å². The van der Waals surface area contributed by atoms with Crippen LogP contribution >= 0.6 is 0 Å². The minimum Gasteiger partial charge on any atom is -0.453 e. The van der Waals surface area contributed by atoms with E-state index in [2.05, 4.69) is 53.5 Å². The molecule has 0 spiro atoms. The lowest BCUT2D eigenvalue weighted by Crippen LogP contribution is -2.43. The van der Waals surface area contributed by atoms with Crippen LogP contribution in [0.2, 0.25) is 0 Å². The Morgan fingerprint density at radius 1 is 0.742 bits per heavy atom. The fourth-order valence-corrected chi connectivity index (χ4v) is 8.67. The van der Waals surface area contributed by atoms with Gasteiger partial charge in [-0.05, 0) is 77.3 Å². The van der Waals surface area contributed by atoms with Crippen molar-refractivity contribution in [2.45, 2.75) is 62.6 Å². The number of imidazole rings is 2. The molecule has 3 aliphatic heterocycles. The van der Waals surface area contributed by atoms with E-state index in [1.165, 1.54) is 26.4 Å². The molecule has 5 heterocycles. The number of fused-ring (bicyclic) bond motifs is 1. The second kappa shape index (κ2) is 20.4. The van der Waals surface area contributed by atoms with Gasteiger partial charge in [0, 0.05) is 31.7 Å². The van der Waals surface area contributed by atoms with Gasteiger partial charge in [-0.15, -0.1) is 0 Å². The highest BCUT2D eigenvalue weighted by atomic mass is 19.3. The second-order valence-corrected chi connectivity index (χ2v) is 16.5. The molecule has 3 unspecified atom stereocenters. The molecule has 4 amide bonds. The van der Waals surface area contributed by atoms with Gasteiger partial charge in [-0.25, -0.2) is 28.3 Å². The third-order valence-electron chi connectivity index (χ3n) is 12.1. The quantitative estimate of drug-likeness (QED) is 0.105. The molecule has 2 aromatic heterocycles. The van der Waals surface area contributed by atoms with Gasteiger partial charge < -0.3 is 44.6 Å². The van der Waals surface area contributed by atoms with Crippen LogP contribution in [0.4, 0.5) is 18.4 Å². The maximum atomic E-state index is 15.0. The fourth-order valence-electron chi connectivity index (χ4n) is 8.67. The van der Waals surface area contributed by atoms with Crippen LogP contribution in [0.1, 0.15) is 73.9 Å². The summed E-state index contributed by atoms with van der Waals surface area (Å²) < 4.78 is 44.3. The maximum Gasteiger partial charge on any atom is 0.407 e. The first-order valence-corrected chi connectivity index (χ1v) is 22.0. The zero-order chi connectivity index (χ0) is 46.2. The Morgan fingerprint density at radius 2 is 1.35 bits per heavy atom. The topological polar surface area (TPSA) is 184 Å². The lowest BCUT2D eigenvalue weighted by molar-refractivity contribution is -0.136. The molecule has 4 aromatic carbocycles. The number of alkyl halides is 2. The fraction of sp³-hybridized carbons (Fsp3) is 0.347. The molecule has 344 valence electrons. The van der Waals surface area contributed by atoms with Crippen LogP contribution in [0.15, 0.2) is 103 Å². The molecule has 15 nitrogen and oxygen atoms in total. The summed E-state index contributed by atoms with van der Waals surface area (Å²) in [5.41, 5.74) is 5.55. The van der Waals surface area contributed by atoms with Crippen molar-refractivity contribution in [2.75, 3.05) is 47.1 Å². The molecular formula is C49H52F2N8O7. The van der Waals surface area contributed by atoms with Crippen LogP contribution in [0.3, 0.4) is 0 Å². The average molecular weight is 903 g/mol.